The third kappa shape index (κ3) is 4.91. The number of halogens is 1. The van der Waals surface area contributed by atoms with Crippen LogP contribution in [0.1, 0.15) is 28.8 Å². The smallest absolute Gasteiger partial charge is 0.253 e. The van der Waals surface area contributed by atoms with Crippen LogP contribution in [0.2, 0.25) is 0 Å². The molecule has 0 spiro atoms. The molecule has 3 aliphatic heterocycles. The summed E-state index contributed by atoms with van der Waals surface area (Å²) in [6, 6.07) is 10.5. The van der Waals surface area contributed by atoms with Gasteiger partial charge >= 0.3 is 0 Å². The molecule has 8 nitrogen and oxygen atoms in total. The number of fused-ring (bicyclic) bond motifs is 1. The molecule has 0 radical (unpaired) electrons. The molecule has 0 aliphatic carbocycles. The average molecular weight is 562 g/mol. The average Bonchev–Trinajstić information content (AvgIpc) is 3.55. The number of thiophene rings is 1. The summed E-state index contributed by atoms with van der Waals surface area (Å²) in [7, 11) is 0. The van der Waals surface area contributed by atoms with E-state index in [2.05, 4.69) is 52.8 Å². The second-order valence-electron chi connectivity index (χ2n) is 11.3. The van der Waals surface area contributed by atoms with Gasteiger partial charge < -0.3 is 9.64 Å². The van der Waals surface area contributed by atoms with Gasteiger partial charge in [0, 0.05) is 55.4 Å². The number of likely N-dealkylation sites (tertiary alicyclic amines) is 2. The summed E-state index contributed by atoms with van der Waals surface area (Å²) in [6.45, 7) is 11.5. The molecule has 6 heterocycles. The number of rotatable bonds is 6. The van der Waals surface area contributed by atoms with Crippen molar-refractivity contribution in [2.75, 3.05) is 57.4 Å². The lowest BCUT2D eigenvalue weighted by atomic mass is 9.98. The minimum absolute atomic E-state index is 0.0913. The Hall–Kier alpha value is -2.92. The van der Waals surface area contributed by atoms with Crippen molar-refractivity contribution in [1.82, 2.24) is 29.5 Å². The summed E-state index contributed by atoms with van der Waals surface area (Å²) in [5.74, 6) is 1.51. The van der Waals surface area contributed by atoms with Crippen LogP contribution < -0.4 is 4.90 Å². The fourth-order valence-electron chi connectivity index (χ4n) is 6.13. The van der Waals surface area contributed by atoms with Gasteiger partial charge in [-0.2, -0.15) is 10.1 Å². The van der Waals surface area contributed by atoms with E-state index in [1.165, 1.54) is 16.9 Å². The van der Waals surface area contributed by atoms with E-state index in [-0.39, 0.29) is 6.04 Å². The first kappa shape index (κ1) is 26.0. The quantitative estimate of drug-likeness (QED) is 0.341. The van der Waals surface area contributed by atoms with Gasteiger partial charge in [0.1, 0.15) is 6.17 Å². The highest BCUT2D eigenvalue weighted by Crippen LogP contribution is 2.38. The van der Waals surface area contributed by atoms with Gasteiger partial charge in [-0.3, -0.25) is 9.80 Å². The lowest BCUT2D eigenvalue weighted by Gasteiger charge is -2.44. The van der Waals surface area contributed by atoms with E-state index in [9.17, 15) is 0 Å². The second kappa shape index (κ2) is 10.8. The van der Waals surface area contributed by atoms with Crippen LogP contribution in [0.25, 0.3) is 27.4 Å². The Labute approximate surface area is 238 Å². The van der Waals surface area contributed by atoms with Crippen molar-refractivity contribution in [3.8, 4) is 17.2 Å². The van der Waals surface area contributed by atoms with Crippen molar-refractivity contribution in [2.24, 2.45) is 0 Å². The van der Waals surface area contributed by atoms with E-state index in [1.54, 1.807) is 16.0 Å². The van der Waals surface area contributed by atoms with E-state index < -0.39 is 6.17 Å². The lowest BCUT2D eigenvalue weighted by Crippen LogP contribution is -2.56. The highest BCUT2D eigenvalue weighted by Gasteiger charge is 2.36. The number of benzene rings is 1. The summed E-state index contributed by atoms with van der Waals surface area (Å²) >= 11 is 1.76. The number of morpholine rings is 1. The van der Waals surface area contributed by atoms with Gasteiger partial charge in [-0.15, -0.1) is 11.3 Å². The lowest BCUT2D eigenvalue weighted by molar-refractivity contribution is 0.00224. The van der Waals surface area contributed by atoms with Crippen LogP contribution in [0.15, 0.2) is 36.5 Å². The molecule has 3 aliphatic rings. The molecule has 7 rings (SSSR count). The van der Waals surface area contributed by atoms with E-state index in [4.69, 9.17) is 19.8 Å². The molecule has 10 heteroatoms. The Morgan fingerprint density at radius 3 is 2.65 bits per heavy atom. The third-order valence-corrected chi connectivity index (χ3v) is 9.83. The number of hydrogen-bond acceptors (Lipinski definition) is 8. The number of alkyl halides is 1. The van der Waals surface area contributed by atoms with Crippen LogP contribution in [0.5, 0.6) is 0 Å². The summed E-state index contributed by atoms with van der Waals surface area (Å²) in [4.78, 5) is 18.3. The summed E-state index contributed by atoms with van der Waals surface area (Å²) < 4.78 is 23.7. The zero-order valence-corrected chi connectivity index (χ0v) is 24.0. The van der Waals surface area contributed by atoms with Crippen LogP contribution in [-0.4, -0.2) is 94.2 Å². The summed E-state index contributed by atoms with van der Waals surface area (Å²) in [6.07, 6.45) is 3.25. The fourth-order valence-corrected chi connectivity index (χ4v) is 7.43. The minimum Gasteiger partial charge on any atom is -0.378 e. The molecule has 0 amide bonds. The van der Waals surface area contributed by atoms with E-state index in [0.717, 1.165) is 78.5 Å². The first-order chi connectivity index (χ1) is 19.5. The zero-order chi connectivity index (χ0) is 27.2. The molecular formula is C30H36FN7OS. The third-order valence-electron chi connectivity index (χ3n) is 8.57. The molecular weight excluding hydrogens is 525 g/mol. The van der Waals surface area contributed by atoms with Gasteiger partial charge in [-0.1, -0.05) is 23.8 Å². The molecule has 210 valence electrons. The van der Waals surface area contributed by atoms with Gasteiger partial charge in [0.2, 0.25) is 0 Å². The molecule has 40 heavy (non-hydrogen) atoms. The topological polar surface area (TPSA) is 62.6 Å². The van der Waals surface area contributed by atoms with Gasteiger partial charge in [-0.05, 0) is 57.5 Å². The van der Waals surface area contributed by atoms with E-state index >= 15 is 4.39 Å². The SMILES string of the molecule is Cc1cccc(-c2ccn(-c3nc(N4CCOCC4)c4sc(CN5CCC(N6CCC6)C(F)C5)c(C)c4n3)n2)c1. The number of anilines is 1. The molecule has 3 fully saturated rings. The first-order valence-corrected chi connectivity index (χ1v) is 15.2. The maximum atomic E-state index is 15.1. The molecule has 2 unspecified atom stereocenters. The molecule has 0 N–H and O–H groups in total. The van der Waals surface area contributed by atoms with Crippen molar-refractivity contribution in [1.29, 1.82) is 0 Å². The molecule has 3 saturated heterocycles. The fraction of sp³-hybridized carbons (Fsp3) is 0.500. The molecule has 0 saturated carbocycles. The van der Waals surface area contributed by atoms with Gasteiger partial charge in [0.25, 0.3) is 5.95 Å². The Morgan fingerprint density at radius 1 is 1.05 bits per heavy atom. The molecule has 1 aromatic carbocycles. The Bertz CT molecular complexity index is 1510. The van der Waals surface area contributed by atoms with Crippen molar-refractivity contribution < 1.29 is 9.13 Å². The predicted molar refractivity (Wildman–Crippen MR) is 157 cm³/mol. The van der Waals surface area contributed by atoms with Crippen molar-refractivity contribution >= 4 is 27.4 Å². The number of piperidine rings is 1. The Morgan fingerprint density at radius 2 is 1.90 bits per heavy atom. The number of aromatic nitrogens is 4. The van der Waals surface area contributed by atoms with Crippen molar-refractivity contribution in [2.45, 2.75) is 45.4 Å². The number of nitrogens with zero attached hydrogens (tertiary/aromatic N) is 7. The van der Waals surface area contributed by atoms with Gasteiger partial charge in [-0.25, -0.2) is 14.1 Å². The maximum Gasteiger partial charge on any atom is 0.253 e. The summed E-state index contributed by atoms with van der Waals surface area (Å²) in [5.41, 5.74) is 5.29. The maximum absolute atomic E-state index is 15.1. The van der Waals surface area contributed by atoms with Crippen molar-refractivity contribution in [3.63, 3.8) is 0 Å². The predicted octanol–water partition coefficient (Wildman–Crippen LogP) is 4.62. The van der Waals surface area contributed by atoms with Crippen LogP contribution in [0.4, 0.5) is 10.2 Å². The highest BCUT2D eigenvalue weighted by molar-refractivity contribution is 7.19. The molecule has 2 atom stereocenters. The molecule has 4 aromatic rings. The summed E-state index contributed by atoms with van der Waals surface area (Å²) in [5, 5.41) is 4.85. The van der Waals surface area contributed by atoms with Gasteiger partial charge in [0.05, 0.1) is 29.1 Å². The highest BCUT2D eigenvalue weighted by atomic mass is 32.1. The van der Waals surface area contributed by atoms with Gasteiger partial charge in [0.15, 0.2) is 5.82 Å². The monoisotopic (exact) mass is 561 g/mol. The second-order valence-corrected chi connectivity index (χ2v) is 12.4. The largest absolute Gasteiger partial charge is 0.378 e. The van der Waals surface area contributed by atoms with E-state index in [0.29, 0.717) is 25.7 Å². The number of ether oxygens (including phenoxy) is 1. The number of aryl methyl sites for hydroxylation is 2. The van der Waals surface area contributed by atoms with Crippen molar-refractivity contribution in [3.05, 3.63) is 52.5 Å². The Kier molecular flexibility index (Phi) is 7.03. The molecule has 0 bridgehead atoms. The van der Waals surface area contributed by atoms with E-state index in [1.807, 2.05) is 12.3 Å². The minimum atomic E-state index is -0.790. The van der Waals surface area contributed by atoms with Crippen LogP contribution in [0, 0.1) is 13.8 Å². The standard InChI is InChI=1S/C30H36FN7OS/c1-20-5-3-6-22(17-20)24-7-12-38(34-24)30-32-27-21(2)26(40-28(27)29(33-30)37-13-15-39-16-14-37)19-35-11-8-25(23(31)18-35)36-9-4-10-36/h3,5-7,12,17,23,25H,4,8-11,13-16,18-19H2,1-2H3. The first-order valence-electron chi connectivity index (χ1n) is 14.4. The number of hydrogen-bond donors (Lipinski definition) is 0. The normalized spacial score (nSPS) is 22.6. The van der Waals surface area contributed by atoms with Crippen LogP contribution in [0.3, 0.4) is 0 Å². The molecule has 3 aromatic heterocycles. The van der Waals surface area contributed by atoms with Crippen LogP contribution >= 0.6 is 11.3 Å². The van der Waals surface area contributed by atoms with Crippen LogP contribution in [-0.2, 0) is 11.3 Å². The Balaban J connectivity index is 1.21. The zero-order valence-electron chi connectivity index (χ0n) is 23.2.